The highest BCUT2D eigenvalue weighted by atomic mass is 16.5. The van der Waals surface area contributed by atoms with Crippen LogP contribution in [0.15, 0.2) is 0 Å². The zero-order valence-electron chi connectivity index (χ0n) is 8.62. The number of methoxy groups -OCH3 is 1. The second-order valence-electron chi connectivity index (χ2n) is 4.32. The number of nitrogens with zero attached hydrogens (tertiary/aromatic N) is 1. The Bertz CT molecular complexity index is 174. The van der Waals surface area contributed by atoms with E-state index in [2.05, 4.69) is 17.1 Å². The highest BCUT2D eigenvalue weighted by Gasteiger charge is 2.37. The van der Waals surface area contributed by atoms with Gasteiger partial charge >= 0.3 is 0 Å². The molecule has 0 aromatic heterocycles. The average Bonchev–Trinajstić information content (AvgIpc) is 2.69. The van der Waals surface area contributed by atoms with Crippen molar-refractivity contribution >= 4 is 0 Å². The van der Waals surface area contributed by atoms with Gasteiger partial charge in [0.1, 0.15) is 0 Å². The van der Waals surface area contributed by atoms with Crippen LogP contribution in [0.3, 0.4) is 0 Å². The lowest BCUT2D eigenvalue weighted by Gasteiger charge is -2.25. The maximum Gasteiger partial charge on any atom is 0.0670 e. The first-order valence-electron chi connectivity index (χ1n) is 5.29. The molecule has 2 heterocycles. The summed E-state index contributed by atoms with van der Waals surface area (Å²) in [5, 5.41) is 3.46. The summed E-state index contributed by atoms with van der Waals surface area (Å²) >= 11 is 0. The fourth-order valence-electron chi connectivity index (χ4n) is 2.57. The van der Waals surface area contributed by atoms with Gasteiger partial charge in [0.2, 0.25) is 0 Å². The monoisotopic (exact) mass is 184 g/mol. The molecule has 1 unspecified atom stereocenters. The molecule has 0 bridgehead atoms. The molecular formula is C10H20N2O. The van der Waals surface area contributed by atoms with Crippen molar-refractivity contribution in [3.63, 3.8) is 0 Å². The Balaban J connectivity index is 1.86. The molecule has 0 aliphatic carbocycles. The Kier molecular flexibility index (Phi) is 2.86. The number of likely N-dealkylation sites (tertiary alicyclic amines) is 1. The fourth-order valence-corrected chi connectivity index (χ4v) is 2.57. The first-order valence-corrected chi connectivity index (χ1v) is 5.29. The first kappa shape index (κ1) is 9.44. The summed E-state index contributed by atoms with van der Waals surface area (Å²) in [5.74, 6) is 0.907. The molecule has 2 saturated heterocycles. The number of hydrogen-bond acceptors (Lipinski definition) is 3. The summed E-state index contributed by atoms with van der Waals surface area (Å²) in [5.41, 5.74) is 0. The molecular weight excluding hydrogens is 164 g/mol. The van der Waals surface area contributed by atoms with Gasteiger partial charge in [0, 0.05) is 26.2 Å². The van der Waals surface area contributed by atoms with E-state index in [1.165, 1.54) is 26.1 Å². The van der Waals surface area contributed by atoms with E-state index < -0.39 is 0 Å². The van der Waals surface area contributed by atoms with Crippen LogP contribution in [-0.4, -0.2) is 50.3 Å². The minimum Gasteiger partial charge on any atom is -0.380 e. The van der Waals surface area contributed by atoms with E-state index >= 15 is 0 Å². The maximum absolute atomic E-state index is 5.30. The first-order chi connectivity index (χ1) is 6.31. The van der Waals surface area contributed by atoms with Crippen molar-refractivity contribution < 1.29 is 4.74 Å². The Morgan fingerprint density at radius 2 is 2.38 bits per heavy atom. The van der Waals surface area contributed by atoms with Gasteiger partial charge < -0.3 is 10.1 Å². The maximum atomic E-state index is 5.30. The highest BCUT2D eigenvalue weighted by Crippen LogP contribution is 2.26. The molecule has 0 amide bonds. The van der Waals surface area contributed by atoms with Crippen LogP contribution >= 0.6 is 0 Å². The average molecular weight is 184 g/mol. The Hall–Kier alpha value is -0.120. The van der Waals surface area contributed by atoms with Gasteiger partial charge in [0.15, 0.2) is 0 Å². The number of ether oxygens (including phenoxy) is 1. The Morgan fingerprint density at radius 1 is 1.54 bits per heavy atom. The molecule has 2 fully saturated rings. The molecule has 3 atom stereocenters. The van der Waals surface area contributed by atoms with E-state index in [1.54, 1.807) is 7.11 Å². The molecule has 0 aromatic rings. The second-order valence-corrected chi connectivity index (χ2v) is 4.32. The SMILES string of the molecule is COC(C)CN1CC[C@@H]2CNC[C@@H]21. The summed E-state index contributed by atoms with van der Waals surface area (Å²) in [7, 11) is 1.80. The van der Waals surface area contributed by atoms with Crippen LogP contribution in [0.25, 0.3) is 0 Å². The lowest BCUT2D eigenvalue weighted by Crippen LogP contribution is -2.39. The Morgan fingerprint density at radius 3 is 3.15 bits per heavy atom. The van der Waals surface area contributed by atoms with Crippen molar-refractivity contribution in [2.24, 2.45) is 5.92 Å². The smallest absolute Gasteiger partial charge is 0.0670 e. The molecule has 0 aromatic carbocycles. The lowest BCUT2D eigenvalue weighted by atomic mass is 10.1. The molecule has 0 spiro atoms. The molecule has 3 nitrogen and oxygen atoms in total. The number of rotatable bonds is 3. The Labute approximate surface area is 80.4 Å². The third kappa shape index (κ3) is 1.87. The molecule has 76 valence electrons. The molecule has 0 saturated carbocycles. The molecule has 2 aliphatic heterocycles. The van der Waals surface area contributed by atoms with Crippen molar-refractivity contribution in [1.29, 1.82) is 0 Å². The van der Waals surface area contributed by atoms with Gasteiger partial charge in [-0.25, -0.2) is 0 Å². The number of fused-ring (bicyclic) bond motifs is 1. The highest BCUT2D eigenvalue weighted by molar-refractivity contribution is 4.94. The van der Waals surface area contributed by atoms with Gasteiger partial charge in [-0.1, -0.05) is 0 Å². The predicted molar refractivity (Wildman–Crippen MR) is 52.8 cm³/mol. The third-order valence-electron chi connectivity index (χ3n) is 3.45. The van der Waals surface area contributed by atoms with E-state index in [4.69, 9.17) is 4.74 Å². The van der Waals surface area contributed by atoms with E-state index in [-0.39, 0.29) is 0 Å². The van der Waals surface area contributed by atoms with Gasteiger partial charge in [0.25, 0.3) is 0 Å². The molecule has 3 heteroatoms. The molecule has 2 aliphatic rings. The van der Waals surface area contributed by atoms with E-state index in [1.807, 2.05) is 0 Å². The minimum absolute atomic E-state index is 0.374. The largest absolute Gasteiger partial charge is 0.380 e. The normalized spacial score (nSPS) is 36.5. The van der Waals surface area contributed by atoms with Gasteiger partial charge in [-0.3, -0.25) is 4.90 Å². The van der Waals surface area contributed by atoms with Crippen molar-refractivity contribution in [1.82, 2.24) is 10.2 Å². The zero-order valence-corrected chi connectivity index (χ0v) is 8.62. The predicted octanol–water partition coefficient (Wildman–Crippen LogP) is 0.315. The van der Waals surface area contributed by atoms with Crippen molar-refractivity contribution in [2.75, 3.05) is 33.3 Å². The zero-order chi connectivity index (χ0) is 9.26. The van der Waals surface area contributed by atoms with Crippen LogP contribution in [0.4, 0.5) is 0 Å². The second kappa shape index (κ2) is 3.95. The van der Waals surface area contributed by atoms with Gasteiger partial charge in [0.05, 0.1) is 6.10 Å². The van der Waals surface area contributed by atoms with Gasteiger partial charge in [-0.2, -0.15) is 0 Å². The van der Waals surface area contributed by atoms with E-state index in [0.717, 1.165) is 18.5 Å². The standard InChI is InChI=1S/C10H20N2O/c1-8(13-2)7-12-4-3-9-5-11-6-10(9)12/h8-11H,3-7H2,1-2H3/t8?,9-,10+/m1/s1. The van der Waals surface area contributed by atoms with Crippen LogP contribution in [0.2, 0.25) is 0 Å². The topological polar surface area (TPSA) is 24.5 Å². The van der Waals surface area contributed by atoms with Gasteiger partial charge in [-0.15, -0.1) is 0 Å². The van der Waals surface area contributed by atoms with E-state index in [0.29, 0.717) is 6.10 Å². The van der Waals surface area contributed by atoms with Crippen LogP contribution < -0.4 is 5.32 Å². The molecule has 2 rings (SSSR count). The lowest BCUT2D eigenvalue weighted by molar-refractivity contribution is 0.0727. The summed E-state index contributed by atoms with van der Waals surface area (Å²) in [6, 6.07) is 0.789. The van der Waals surface area contributed by atoms with Gasteiger partial charge in [-0.05, 0) is 32.4 Å². The van der Waals surface area contributed by atoms with Crippen LogP contribution in [-0.2, 0) is 4.74 Å². The van der Waals surface area contributed by atoms with Crippen molar-refractivity contribution in [3.8, 4) is 0 Å². The number of nitrogens with one attached hydrogen (secondary N) is 1. The molecule has 0 radical (unpaired) electrons. The molecule has 1 N–H and O–H groups in total. The van der Waals surface area contributed by atoms with Crippen molar-refractivity contribution in [3.05, 3.63) is 0 Å². The quantitative estimate of drug-likeness (QED) is 0.683. The summed E-state index contributed by atoms with van der Waals surface area (Å²) in [6.45, 7) is 6.92. The van der Waals surface area contributed by atoms with Crippen LogP contribution in [0.5, 0.6) is 0 Å². The summed E-state index contributed by atoms with van der Waals surface area (Å²) in [6.07, 6.45) is 1.74. The van der Waals surface area contributed by atoms with Crippen molar-refractivity contribution in [2.45, 2.75) is 25.5 Å². The summed E-state index contributed by atoms with van der Waals surface area (Å²) in [4.78, 5) is 2.58. The van der Waals surface area contributed by atoms with E-state index in [9.17, 15) is 0 Å². The third-order valence-corrected chi connectivity index (χ3v) is 3.45. The summed E-state index contributed by atoms with van der Waals surface area (Å²) < 4.78 is 5.30. The molecule has 13 heavy (non-hydrogen) atoms. The van der Waals surface area contributed by atoms with Crippen LogP contribution in [0.1, 0.15) is 13.3 Å². The van der Waals surface area contributed by atoms with Crippen LogP contribution in [0, 0.1) is 5.92 Å². The fraction of sp³-hybridized carbons (Fsp3) is 1.00. The minimum atomic E-state index is 0.374. The number of hydrogen-bond donors (Lipinski definition) is 1.